The summed E-state index contributed by atoms with van der Waals surface area (Å²) in [5.74, 6) is 0.624. The highest BCUT2D eigenvalue weighted by atomic mass is 14.7. The number of aromatic nitrogens is 1. The molecular formula is C15H31N. The summed E-state index contributed by atoms with van der Waals surface area (Å²) in [4.78, 5) is 3.28. The first-order chi connectivity index (χ1) is 7.61. The summed E-state index contributed by atoms with van der Waals surface area (Å²) in [6.45, 7) is 19.7. The molecule has 0 spiro atoms. The second-order valence-electron chi connectivity index (χ2n) is 3.16. The molecule has 0 fully saturated rings. The SMILES string of the molecule is C=CC.CC.CC.Cc1ccc(C(C)C)[nH]1. The van der Waals surface area contributed by atoms with Gasteiger partial charge in [0.15, 0.2) is 0 Å². The van der Waals surface area contributed by atoms with Crippen LogP contribution in [0.5, 0.6) is 0 Å². The standard InChI is InChI=1S/C8H13N.C3H6.2C2H6/c1-6(2)8-5-4-7(3)9-8;1-3-2;2*1-2/h4-6,9H,1-3H3;3H,1H2,2H3;2*1-2H3. The van der Waals surface area contributed by atoms with Gasteiger partial charge in [0.1, 0.15) is 0 Å². The maximum absolute atomic E-state index is 3.36. The Labute approximate surface area is 103 Å². The Kier molecular flexibility index (Phi) is 21.0. The van der Waals surface area contributed by atoms with E-state index in [1.165, 1.54) is 11.4 Å². The van der Waals surface area contributed by atoms with E-state index in [0.717, 1.165) is 0 Å². The normalized spacial score (nSPS) is 7.56. The van der Waals surface area contributed by atoms with Crippen molar-refractivity contribution in [2.75, 3.05) is 0 Å². The Morgan fingerprint density at radius 1 is 1.12 bits per heavy atom. The molecule has 16 heavy (non-hydrogen) atoms. The molecule has 0 unspecified atom stereocenters. The van der Waals surface area contributed by atoms with Gasteiger partial charge < -0.3 is 4.98 Å². The molecule has 0 aliphatic rings. The minimum atomic E-state index is 0.624. The molecule has 1 rings (SSSR count). The first kappa shape index (κ1) is 20.4. The lowest BCUT2D eigenvalue weighted by Gasteiger charge is -1.98. The Bertz CT molecular complexity index is 221. The quantitative estimate of drug-likeness (QED) is 0.591. The fourth-order valence-electron chi connectivity index (χ4n) is 0.863. The number of H-pyrrole nitrogens is 1. The fraction of sp³-hybridized carbons (Fsp3) is 0.600. The average Bonchev–Trinajstić information content (AvgIpc) is 2.72. The zero-order valence-corrected chi connectivity index (χ0v) is 12.5. The summed E-state index contributed by atoms with van der Waals surface area (Å²) in [5, 5.41) is 0. The van der Waals surface area contributed by atoms with E-state index in [9.17, 15) is 0 Å². The van der Waals surface area contributed by atoms with Crippen molar-refractivity contribution in [3.05, 3.63) is 36.2 Å². The van der Waals surface area contributed by atoms with Crippen molar-refractivity contribution < 1.29 is 0 Å². The molecule has 0 saturated heterocycles. The lowest BCUT2D eigenvalue weighted by Crippen LogP contribution is -1.85. The van der Waals surface area contributed by atoms with Gasteiger partial charge in [-0.25, -0.2) is 0 Å². The molecule has 1 heteroatoms. The largest absolute Gasteiger partial charge is 0.362 e. The summed E-state index contributed by atoms with van der Waals surface area (Å²) < 4.78 is 0. The van der Waals surface area contributed by atoms with Crippen LogP contribution in [0.1, 0.15) is 65.8 Å². The summed E-state index contributed by atoms with van der Waals surface area (Å²) in [6, 6.07) is 4.25. The van der Waals surface area contributed by atoms with Gasteiger partial charge in [-0.05, 0) is 31.9 Å². The lowest BCUT2D eigenvalue weighted by atomic mass is 10.1. The number of aryl methyl sites for hydroxylation is 1. The van der Waals surface area contributed by atoms with Crippen molar-refractivity contribution in [2.45, 2.75) is 61.3 Å². The van der Waals surface area contributed by atoms with Gasteiger partial charge in [-0.1, -0.05) is 47.6 Å². The van der Waals surface area contributed by atoms with Crippen molar-refractivity contribution in [3.63, 3.8) is 0 Å². The maximum atomic E-state index is 3.36. The topological polar surface area (TPSA) is 15.8 Å². The molecule has 0 aliphatic heterocycles. The van der Waals surface area contributed by atoms with Crippen LogP contribution in [-0.2, 0) is 0 Å². The van der Waals surface area contributed by atoms with E-state index in [2.05, 4.69) is 44.5 Å². The first-order valence-corrected chi connectivity index (χ1v) is 6.34. The van der Waals surface area contributed by atoms with Gasteiger partial charge in [-0.3, -0.25) is 0 Å². The Hall–Kier alpha value is -0.980. The minimum Gasteiger partial charge on any atom is -0.362 e. The molecule has 1 nitrogen and oxygen atoms in total. The van der Waals surface area contributed by atoms with Crippen molar-refractivity contribution in [3.8, 4) is 0 Å². The molecule has 0 aliphatic carbocycles. The number of hydrogen-bond acceptors (Lipinski definition) is 0. The van der Waals surface area contributed by atoms with Gasteiger partial charge in [0, 0.05) is 11.4 Å². The molecule has 0 bridgehead atoms. The van der Waals surface area contributed by atoms with Crippen LogP contribution < -0.4 is 0 Å². The van der Waals surface area contributed by atoms with Gasteiger partial charge in [0.2, 0.25) is 0 Å². The smallest absolute Gasteiger partial charge is 0.0175 e. The fourth-order valence-corrected chi connectivity index (χ4v) is 0.863. The van der Waals surface area contributed by atoms with Crippen LogP contribution in [-0.4, -0.2) is 4.98 Å². The Morgan fingerprint density at radius 3 is 1.62 bits per heavy atom. The molecule has 1 N–H and O–H groups in total. The van der Waals surface area contributed by atoms with E-state index in [1.807, 2.05) is 34.6 Å². The van der Waals surface area contributed by atoms with E-state index in [4.69, 9.17) is 0 Å². The molecule has 0 aromatic carbocycles. The average molecular weight is 225 g/mol. The number of rotatable bonds is 1. The summed E-state index contributed by atoms with van der Waals surface area (Å²) in [7, 11) is 0. The zero-order valence-electron chi connectivity index (χ0n) is 12.5. The monoisotopic (exact) mass is 225 g/mol. The van der Waals surface area contributed by atoms with E-state index in [1.54, 1.807) is 6.08 Å². The van der Waals surface area contributed by atoms with E-state index in [0.29, 0.717) is 5.92 Å². The third-order valence-corrected chi connectivity index (χ3v) is 1.48. The second kappa shape index (κ2) is 16.4. The van der Waals surface area contributed by atoms with Gasteiger partial charge in [-0.15, -0.1) is 6.58 Å². The van der Waals surface area contributed by atoms with Gasteiger partial charge in [-0.2, -0.15) is 0 Å². The van der Waals surface area contributed by atoms with Crippen LogP contribution in [0.15, 0.2) is 24.8 Å². The van der Waals surface area contributed by atoms with Crippen LogP contribution in [0.25, 0.3) is 0 Å². The number of nitrogens with one attached hydrogen (secondary N) is 1. The summed E-state index contributed by atoms with van der Waals surface area (Å²) in [5.41, 5.74) is 2.58. The lowest BCUT2D eigenvalue weighted by molar-refractivity contribution is 0.829. The second-order valence-corrected chi connectivity index (χ2v) is 3.16. The summed E-state index contributed by atoms with van der Waals surface area (Å²) in [6.07, 6.45) is 1.75. The van der Waals surface area contributed by atoms with Crippen molar-refractivity contribution >= 4 is 0 Å². The Balaban J connectivity index is -0.000000206. The van der Waals surface area contributed by atoms with E-state index in [-0.39, 0.29) is 0 Å². The molecule has 1 heterocycles. The number of hydrogen-bond donors (Lipinski definition) is 1. The van der Waals surface area contributed by atoms with Crippen LogP contribution in [0.3, 0.4) is 0 Å². The van der Waals surface area contributed by atoms with Crippen LogP contribution in [0, 0.1) is 6.92 Å². The molecular weight excluding hydrogens is 194 g/mol. The van der Waals surface area contributed by atoms with Gasteiger partial charge in [0.05, 0.1) is 0 Å². The molecule has 96 valence electrons. The summed E-state index contributed by atoms with van der Waals surface area (Å²) >= 11 is 0. The van der Waals surface area contributed by atoms with E-state index >= 15 is 0 Å². The predicted octanol–water partition coefficient (Wildman–Crippen LogP) is 5.69. The van der Waals surface area contributed by atoms with Crippen molar-refractivity contribution in [2.24, 2.45) is 0 Å². The zero-order chi connectivity index (χ0) is 13.6. The highest BCUT2D eigenvalue weighted by molar-refractivity contribution is 5.14. The van der Waals surface area contributed by atoms with Gasteiger partial charge in [0.25, 0.3) is 0 Å². The molecule has 0 saturated carbocycles. The highest BCUT2D eigenvalue weighted by Crippen LogP contribution is 2.11. The minimum absolute atomic E-state index is 0.624. The van der Waals surface area contributed by atoms with Crippen LogP contribution in [0.4, 0.5) is 0 Å². The molecule has 1 aromatic rings. The van der Waals surface area contributed by atoms with Crippen molar-refractivity contribution in [1.29, 1.82) is 0 Å². The van der Waals surface area contributed by atoms with E-state index < -0.39 is 0 Å². The highest BCUT2D eigenvalue weighted by Gasteiger charge is 1.97. The van der Waals surface area contributed by atoms with Crippen molar-refractivity contribution in [1.82, 2.24) is 4.98 Å². The Morgan fingerprint density at radius 2 is 1.50 bits per heavy atom. The molecule has 1 aromatic heterocycles. The van der Waals surface area contributed by atoms with Gasteiger partial charge >= 0.3 is 0 Å². The third-order valence-electron chi connectivity index (χ3n) is 1.48. The predicted molar refractivity (Wildman–Crippen MR) is 78.2 cm³/mol. The molecule has 0 atom stereocenters. The maximum Gasteiger partial charge on any atom is 0.0175 e. The first-order valence-electron chi connectivity index (χ1n) is 6.34. The third kappa shape index (κ3) is 13.0. The molecule has 0 amide bonds. The van der Waals surface area contributed by atoms with Crippen LogP contribution in [0.2, 0.25) is 0 Å². The molecule has 0 radical (unpaired) electrons. The van der Waals surface area contributed by atoms with Crippen LogP contribution >= 0.6 is 0 Å². The number of allylic oxidation sites excluding steroid dienone is 1. The number of aromatic amines is 1.